The number of hydrogen-bond acceptors (Lipinski definition) is 4. The second-order valence-electron chi connectivity index (χ2n) is 8.04. The van der Waals surface area contributed by atoms with E-state index in [9.17, 15) is 4.79 Å². The molecule has 2 aromatic carbocycles. The molecule has 150 valence electrons. The highest BCUT2D eigenvalue weighted by Crippen LogP contribution is 2.33. The molecule has 0 unspecified atom stereocenters. The van der Waals surface area contributed by atoms with Gasteiger partial charge in [-0.15, -0.1) is 11.3 Å². The van der Waals surface area contributed by atoms with Crippen molar-refractivity contribution in [3.63, 3.8) is 0 Å². The van der Waals surface area contributed by atoms with E-state index in [4.69, 9.17) is 4.98 Å². The summed E-state index contributed by atoms with van der Waals surface area (Å²) >= 11 is 1.66. The first-order valence-electron chi connectivity index (χ1n) is 10.5. The number of nitrogens with zero attached hydrogens (tertiary/aromatic N) is 3. The van der Waals surface area contributed by atoms with Crippen LogP contribution in [0.2, 0.25) is 0 Å². The van der Waals surface area contributed by atoms with Crippen molar-refractivity contribution in [2.24, 2.45) is 0 Å². The number of anilines is 2. The number of nitrogens with one attached hydrogen (secondary N) is 1. The molecule has 2 aliphatic rings. The van der Waals surface area contributed by atoms with Crippen molar-refractivity contribution >= 4 is 39.7 Å². The molecule has 4 aromatic rings. The molecule has 0 radical (unpaired) electrons. The summed E-state index contributed by atoms with van der Waals surface area (Å²) in [6, 6.07) is 16.4. The van der Waals surface area contributed by atoms with Crippen LogP contribution < -0.4 is 9.80 Å². The highest BCUT2D eigenvalue weighted by atomic mass is 32.1. The van der Waals surface area contributed by atoms with Crippen molar-refractivity contribution in [3.05, 3.63) is 65.0 Å². The number of thiophene rings is 1. The van der Waals surface area contributed by atoms with Crippen LogP contribution in [0.1, 0.15) is 35.2 Å². The quantitative estimate of drug-likeness (QED) is 0.485. The number of benzene rings is 2. The van der Waals surface area contributed by atoms with Gasteiger partial charge in [-0.25, -0.2) is 4.98 Å². The van der Waals surface area contributed by atoms with Crippen LogP contribution in [-0.2, 0) is 6.54 Å². The first-order chi connectivity index (χ1) is 14.8. The number of rotatable bonds is 3. The van der Waals surface area contributed by atoms with Gasteiger partial charge in [0.15, 0.2) is 0 Å². The highest BCUT2D eigenvalue weighted by Gasteiger charge is 2.29. The van der Waals surface area contributed by atoms with E-state index in [0.717, 1.165) is 51.6 Å². The lowest BCUT2D eigenvalue weighted by Crippen LogP contribution is -2.29. The van der Waals surface area contributed by atoms with Crippen LogP contribution in [-0.4, -0.2) is 29.0 Å². The number of imidazole rings is 1. The monoisotopic (exact) mass is 414 g/mol. The Morgan fingerprint density at radius 1 is 0.967 bits per heavy atom. The predicted octanol–water partition coefficient (Wildman–Crippen LogP) is 5.44. The molecule has 5 nitrogen and oxygen atoms in total. The van der Waals surface area contributed by atoms with Gasteiger partial charge in [0.25, 0.3) is 5.91 Å². The van der Waals surface area contributed by atoms with Crippen molar-refractivity contribution < 1.29 is 4.79 Å². The smallest absolute Gasteiger partial charge is 0.258 e. The predicted molar refractivity (Wildman–Crippen MR) is 122 cm³/mol. The van der Waals surface area contributed by atoms with Gasteiger partial charge in [0.2, 0.25) is 0 Å². The van der Waals surface area contributed by atoms with E-state index in [0.29, 0.717) is 6.54 Å². The molecule has 2 aliphatic heterocycles. The highest BCUT2D eigenvalue weighted by molar-refractivity contribution is 7.13. The number of aromatic nitrogens is 2. The van der Waals surface area contributed by atoms with Gasteiger partial charge >= 0.3 is 0 Å². The standard InChI is InChI=1S/C24H22N4OS/c29-24-19-8-6-17(27-10-2-1-3-11-27)13-16(19)15-28(24)18-7-9-20-21(14-18)26-23(25-20)22-5-4-12-30-22/h4-9,12-14H,1-3,10-11,15H2,(H,25,26). The molecule has 0 aliphatic carbocycles. The number of carbonyl (C=O) groups is 1. The lowest BCUT2D eigenvalue weighted by Gasteiger charge is -2.29. The van der Waals surface area contributed by atoms with Crippen LogP contribution in [0.3, 0.4) is 0 Å². The summed E-state index contributed by atoms with van der Waals surface area (Å²) in [4.78, 5) is 26.6. The summed E-state index contributed by atoms with van der Waals surface area (Å²) in [6.07, 6.45) is 3.82. The van der Waals surface area contributed by atoms with Crippen molar-refractivity contribution in [3.8, 4) is 10.7 Å². The summed E-state index contributed by atoms with van der Waals surface area (Å²) in [5.41, 5.74) is 5.96. The average Bonchev–Trinajstić information content (AvgIpc) is 3.52. The zero-order chi connectivity index (χ0) is 20.1. The van der Waals surface area contributed by atoms with Crippen molar-refractivity contribution in [2.45, 2.75) is 25.8 Å². The zero-order valence-electron chi connectivity index (χ0n) is 16.6. The van der Waals surface area contributed by atoms with Crippen LogP contribution in [0.15, 0.2) is 53.9 Å². The normalized spacial score (nSPS) is 16.5. The molecule has 4 heterocycles. The largest absolute Gasteiger partial charge is 0.372 e. The van der Waals surface area contributed by atoms with E-state index < -0.39 is 0 Å². The third kappa shape index (κ3) is 2.91. The summed E-state index contributed by atoms with van der Waals surface area (Å²) < 4.78 is 0. The Morgan fingerprint density at radius 2 is 1.83 bits per heavy atom. The fourth-order valence-corrected chi connectivity index (χ4v) is 5.23. The van der Waals surface area contributed by atoms with Crippen molar-refractivity contribution in [2.75, 3.05) is 22.9 Å². The molecule has 0 spiro atoms. The van der Waals surface area contributed by atoms with Crippen molar-refractivity contribution in [1.82, 2.24) is 9.97 Å². The number of fused-ring (bicyclic) bond motifs is 2. The summed E-state index contributed by atoms with van der Waals surface area (Å²) in [7, 11) is 0. The van der Waals surface area contributed by atoms with E-state index in [1.807, 2.05) is 40.6 Å². The third-order valence-corrected chi connectivity index (χ3v) is 7.02. The van der Waals surface area contributed by atoms with E-state index >= 15 is 0 Å². The van der Waals surface area contributed by atoms with E-state index in [2.05, 4.69) is 28.1 Å². The molecule has 0 saturated carbocycles. The molecule has 1 N–H and O–H groups in total. The zero-order valence-corrected chi connectivity index (χ0v) is 17.4. The van der Waals surface area contributed by atoms with Crippen LogP contribution in [0.4, 0.5) is 11.4 Å². The minimum Gasteiger partial charge on any atom is -0.372 e. The minimum atomic E-state index is 0.0764. The first kappa shape index (κ1) is 17.7. The molecule has 1 fully saturated rings. The molecule has 0 bridgehead atoms. The van der Waals surface area contributed by atoms with Gasteiger partial charge in [0.05, 0.1) is 22.5 Å². The topological polar surface area (TPSA) is 52.2 Å². The van der Waals surface area contributed by atoms with Crippen LogP contribution in [0, 0.1) is 0 Å². The SMILES string of the molecule is O=C1c2ccc(N3CCCCC3)cc2CN1c1ccc2nc(-c3cccs3)[nH]c2c1. The summed E-state index contributed by atoms with van der Waals surface area (Å²) in [5.74, 6) is 0.951. The molecule has 6 heteroatoms. The van der Waals surface area contributed by atoms with Crippen LogP contribution in [0.5, 0.6) is 0 Å². The third-order valence-electron chi connectivity index (χ3n) is 6.15. The van der Waals surface area contributed by atoms with Crippen molar-refractivity contribution in [1.29, 1.82) is 0 Å². The molecule has 6 rings (SSSR count). The van der Waals surface area contributed by atoms with Gasteiger partial charge in [0, 0.05) is 30.0 Å². The Labute approximate surface area is 179 Å². The Hall–Kier alpha value is -3.12. The lowest BCUT2D eigenvalue weighted by molar-refractivity contribution is 0.0996. The molecule has 2 aromatic heterocycles. The molecule has 1 saturated heterocycles. The van der Waals surface area contributed by atoms with E-state index in [1.54, 1.807) is 11.3 Å². The Bertz CT molecular complexity index is 1240. The number of piperidine rings is 1. The molecule has 1 amide bonds. The number of aromatic amines is 1. The first-order valence-corrected chi connectivity index (χ1v) is 11.4. The number of carbonyl (C=O) groups excluding carboxylic acids is 1. The van der Waals surface area contributed by atoms with Gasteiger partial charge in [-0.05, 0) is 72.7 Å². The molecular formula is C24H22N4OS. The van der Waals surface area contributed by atoms with Gasteiger partial charge < -0.3 is 14.8 Å². The van der Waals surface area contributed by atoms with Gasteiger partial charge in [-0.3, -0.25) is 4.79 Å². The second-order valence-corrected chi connectivity index (χ2v) is 8.99. The van der Waals surface area contributed by atoms with E-state index in [-0.39, 0.29) is 5.91 Å². The summed E-state index contributed by atoms with van der Waals surface area (Å²) in [6.45, 7) is 2.84. The molecule has 30 heavy (non-hydrogen) atoms. The fraction of sp³-hybridized carbons (Fsp3) is 0.250. The lowest BCUT2D eigenvalue weighted by atomic mass is 10.1. The minimum absolute atomic E-state index is 0.0764. The maximum absolute atomic E-state index is 13.1. The Balaban J connectivity index is 1.31. The Kier molecular flexibility index (Phi) is 4.13. The average molecular weight is 415 g/mol. The molecular weight excluding hydrogens is 392 g/mol. The number of H-pyrrole nitrogens is 1. The maximum Gasteiger partial charge on any atom is 0.258 e. The van der Waals surface area contributed by atoms with E-state index in [1.165, 1.54) is 24.9 Å². The van der Waals surface area contributed by atoms with Gasteiger partial charge in [0.1, 0.15) is 5.82 Å². The van der Waals surface area contributed by atoms with Gasteiger partial charge in [-0.1, -0.05) is 6.07 Å². The fourth-order valence-electron chi connectivity index (χ4n) is 4.56. The van der Waals surface area contributed by atoms with Crippen LogP contribution >= 0.6 is 11.3 Å². The van der Waals surface area contributed by atoms with Crippen LogP contribution in [0.25, 0.3) is 21.7 Å². The summed E-state index contributed by atoms with van der Waals surface area (Å²) in [5, 5.41) is 2.05. The number of hydrogen-bond donors (Lipinski definition) is 1. The molecule has 0 atom stereocenters. The number of amides is 1. The maximum atomic E-state index is 13.1. The Morgan fingerprint density at radius 3 is 2.67 bits per heavy atom. The van der Waals surface area contributed by atoms with Gasteiger partial charge in [-0.2, -0.15) is 0 Å². The second kappa shape index (κ2) is 6.99.